The number of hydrogen-bond donors (Lipinski definition) is 1. The quantitative estimate of drug-likeness (QED) is 0.268. The van der Waals surface area contributed by atoms with E-state index in [-0.39, 0.29) is 29.1 Å². The molecule has 7 nitrogen and oxygen atoms in total. The molecule has 218 valence electrons. The maximum atomic E-state index is 14.0. The number of benzene rings is 3. The van der Waals surface area contributed by atoms with Gasteiger partial charge in [-0.1, -0.05) is 72.3 Å². The third-order valence-corrected chi connectivity index (χ3v) is 9.65. The number of nitrogens with one attached hydrogen (secondary N) is 1. The Balaban J connectivity index is 1.68. The number of nitrogens with zero attached hydrogens (tertiary/aromatic N) is 2. The summed E-state index contributed by atoms with van der Waals surface area (Å²) >= 11 is 18.4. The number of amides is 2. The Kier molecular flexibility index (Phi) is 10.6. The van der Waals surface area contributed by atoms with Crippen molar-refractivity contribution in [1.29, 1.82) is 0 Å². The van der Waals surface area contributed by atoms with Crippen LogP contribution in [-0.4, -0.2) is 43.8 Å². The van der Waals surface area contributed by atoms with Gasteiger partial charge in [0.25, 0.3) is 10.0 Å². The first-order valence-electron chi connectivity index (χ1n) is 13.4. The van der Waals surface area contributed by atoms with E-state index >= 15 is 0 Å². The molecule has 1 N–H and O–H groups in total. The lowest BCUT2D eigenvalue weighted by Gasteiger charge is -2.33. The molecule has 0 heterocycles. The fourth-order valence-corrected chi connectivity index (χ4v) is 6.81. The number of halogens is 3. The summed E-state index contributed by atoms with van der Waals surface area (Å²) in [7, 11) is -4.22. The SMILES string of the molecule is CC(C(=O)NC1CCCCC1)N(Cc1cccc(Cl)c1)C(=O)CN(c1cccc(Cl)c1)S(=O)(=O)c1ccc(Cl)cc1. The van der Waals surface area contributed by atoms with Crippen LogP contribution >= 0.6 is 34.8 Å². The molecule has 0 aromatic heterocycles. The molecule has 0 aliphatic heterocycles. The summed E-state index contributed by atoms with van der Waals surface area (Å²) in [6, 6.07) is 18.1. The second-order valence-corrected chi connectivity index (χ2v) is 13.3. The molecule has 1 fully saturated rings. The molecular weight excluding hydrogens is 605 g/mol. The lowest BCUT2D eigenvalue weighted by molar-refractivity contribution is -0.139. The van der Waals surface area contributed by atoms with Gasteiger partial charge in [0.2, 0.25) is 11.8 Å². The number of rotatable bonds is 10. The minimum atomic E-state index is -4.22. The van der Waals surface area contributed by atoms with Crippen molar-refractivity contribution in [3.8, 4) is 0 Å². The highest BCUT2D eigenvalue weighted by Gasteiger charge is 2.33. The van der Waals surface area contributed by atoms with Gasteiger partial charge in [-0.15, -0.1) is 0 Å². The van der Waals surface area contributed by atoms with Gasteiger partial charge in [-0.2, -0.15) is 0 Å². The zero-order chi connectivity index (χ0) is 29.6. The number of carbonyl (C=O) groups excluding carboxylic acids is 2. The van der Waals surface area contributed by atoms with Gasteiger partial charge in [-0.3, -0.25) is 13.9 Å². The summed E-state index contributed by atoms with van der Waals surface area (Å²) in [4.78, 5) is 28.7. The van der Waals surface area contributed by atoms with E-state index in [1.165, 1.54) is 35.2 Å². The molecular formula is C30H32Cl3N3O4S. The standard InChI is InChI=1S/C30H32Cl3N3O4S/c1-21(30(38)34-26-10-3-2-4-11-26)35(19-22-7-5-8-24(32)17-22)29(37)20-36(27-12-6-9-25(33)18-27)41(39,40)28-15-13-23(31)14-16-28/h5-9,12-18,21,26H,2-4,10-11,19-20H2,1H3,(H,34,38). The van der Waals surface area contributed by atoms with Gasteiger partial charge in [0, 0.05) is 27.7 Å². The average Bonchev–Trinajstić information content (AvgIpc) is 2.95. The summed E-state index contributed by atoms with van der Waals surface area (Å²) in [6.45, 7) is 1.15. The van der Waals surface area contributed by atoms with E-state index in [1.807, 2.05) is 0 Å². The van der Waals surface area contributed by atoms with E-state index in [0.717, 1.165) is 36.4 Å². The molecule has 0 saturated heterocycles. The third-order valence-electron chi connectivity index (χ3n) is 7.14. The van der Waals surface area contributed by atoms with Crippen molar-refractivity contribution in [2.24, 2.45) is 0 Å². The van der Waals surface area contributed by atoms with Crippen LogP contribution in [0.15, 0.2) is 77.7 Å². The summed E-state index contributed by atoms with van der Waals surface area (Å²) in [6.07, 6.45) is 5.01. The zero-order valence-electron chi connectivity index (χ0n) is 22.6. The van der Waals surface area contributed by atoms with Gasteiger partial charge in [-0.25, -0.2) is 8.42 Å². The first kappa shape index (κ1) is 31.2. The fraction of sp³-hybridized carbons (Fsp3) is 0.333. The molecule has 3 aromatic carbocycles. The van der Waals surface area contributed by atoms with Gasteiger partial charge < -0.3 is 10.2 Å². The van der Waals surface area contributed by atoms with Crippen LogP contribution in [0, 0.1) is 0 Å². The van der Waals surface area contributed by atoms with Gasteiger partial charge in [0.05, 0.1) is 10.6 Å². The Bertz CT molecular complexity index is 1480. The van der Waals surface area contributed by atoms with E-state index in [9.17, 15) is 18.0 Å². The van der Waals surface area contributed by atoms with E-state index in [4.69, 9.17) is 34.8 Å². The highest BCUT2D eigenvalue weighted by Crippen LogP contribution is 2.28. The third kappa shape index (κ3) is 8.16. The van der Waals surface area contributed by atoms with Crippen LogP contribution in [0.5, 0.6) is 0 Å². The largest absolute Gasteiger partial charge is 0.352 e. The number of carbonyl (C=O) groups is 2. The van der Waals surface area contributed by atoms with Crippen molar-refractivity contribution in [2.75, 3.05) is 10.8 Å². The summed E-state index contributed by atoms with van der Waals surface area (Å²) in [5, 5.41) is 4.25. The van der Waals surface area contributed by atoms with Crippen LogP contribution in [0.25, 0.3) is 0 Å². The molecule has 0 bridgehead atoms. The Morgan fingerprint density at radius 1 is 0.878 bits per heavy atom. The van der Waals surface area contributed by atoms with Crippen molar-refractivity contribution >= 4 is 62.3 Å². The van der Waals surface area contributed by atoms with E-state index in [1.54, 1.807) is 49.4 Å². The topological polar surface area (TPSA) is 86.8 Å². The molecule has 4 rings (SSSR count). The summed E-state index contributed by atoms with van der Waals surface area (Å²) in [5.41, 5.74) is 0.917. The minimum absolute atomic E-state index is 0.0424. The predicted molar refractivity (Wildman–Crippen MR) is 164 cm³/mol. The molecule has 0 radical (unpaired) electrons. The Morgan fingerprint density at radius 3 is 2.15 bits per heavy atom. The Morgan fingerprint density at radius 2 is 1.51 bits per heavy atom. The van der Waals surface area contributed by atoms with Gasteiger partial charge in [0.1, 0.15) is 12.6 Å². The second kappa shape index (κ2) is 13.9. The van der Waals surface area contributed by atoms with Crippen molar-refractivity contribution in [1.82, 2.24) is 10.2 Å². The predicted octanol–water partition coefficient (Wildman–Crippen LogP) is 6.71. The lowest BCUT2D eigenvalue weighted by atomic mass is 9.95. The first-order valence-corrected chi connectivity index (χ1v) is 16.0. The number of hydrogen-bond acceptors (Lipinski definition) is 4. The van der Waals surface area contributed by atoms with Crippen molar-refractivity contribution in [3.63, 3.8) is 0 Å². The Hall–Kier alpha value is -2.78. The zero-order valence-corrected chi connectivity index (χ0v) is 25.7. The van der Waals surface area contributed by atoms with Crippen molar-refractivity contribution < 1.29 is 18.0 Å². The second-order valence-electron chi connectivity index (χ2n) is 10.1. The molecule has 1 unspecified atom stereocenters. The molecule has 0 spiro atoms. The molecule has 11 heteroatoms. The van der Waals surface area contributed by atoms with Crippen LogP contribution in [0.3, 0.4) is 0 Å². The van der Waals surface area contributed by atoms with E-state index in [0.29, 0.717) is 20.6 Å². The van der Waals surface area contributed by atoms with Gasteiger partial charge in [0.15, 0.2) is 0 Å². The number of anilines is 1. The maximum Gasteiger partial charge on any atom is 0.264 e. The summed E-state index contributed by atoms with van der Waals surface area (Å²) < 4.78 is 28.7. The molecule has 3 aromatic rings. The van der Waals surface area contributed by atoms with Crippen molar-refractivity contribution in [2.45, 2.75) is 62.6 Å². The molecule has 1 saturated carbocycles. The van der Waals surface area contributed by atoms with Crippen LogP contribution in [0.4, 0.5) is 5.69 Å². The molecule has 1 aliphatic rings. The monoisotopic (exact) mass is 635 g/mol. The molecule has 1 aliphatic carbocycles. The number of sulfonamides is 1. The van der Waals surface area contributed by atoms with Crippen LogP contribution in [-0.2, 0) is 26.2 Å². The van der Waals surface area contributed by atoms with Crippen LogP contribution in [0.2, 0.25) is 15.1 Å². The van der Waals surface area contributed by atoms with E-state index < -0.39 is 28.5 Å². The highest BCUT2D eigenvalue weighted by molar-refractivity contribution is 7.92. The summed E-state index contributed by atoms with van der Waals surface area (Å²) in [5.74, 6) is -0.851. The van der Waals surface area contributed by atoms with Gasteiger partial charge in [-0.05, 0) is 79.9 Å². The fourth-order valence-electron chi connectivity index (χ4n) is 4.88. The normalized spacial score (nSPS) is 14.7. The van der Waals surface area contributed by atoms with Crippen LogP contribution in [0.1, 0.15) is 44.6 Å². The lowest BCUT2D eigenvalue weighted by Crippen LogP contribution is -2.53. The highest BCUT2D eigenvalue weighted by atomic mass is 35.5. The van der Waals surface area contributed by atoms with Crippen molar-refractivity contribution in [3.05, 3.63) is 93.4 Å². The Labute approximate surface area is 256 Å². The maximum absolute atomic E-state index is 14.0. The van der Waals surface area contributed by atoms with E-state index in [2.05, 4.69) is 5.32 Å². The molecule has 2 amide bonds. The molecule has 1 atom stereocenters. The van der Waals surface area contributed by atoms with Gasteiger partial charge >= 0.3 is 0 Å². The first-order chi connectivity index (χ1) is 19.5. The smallest absolute Gasteiger partial charge is 0.264 e. The van der Waals surface area contributed by atoms with Crippen LogP contribution < -0.4 is 9.62 Å². The minimum Gasteiger partial charge on any atom is -0.352 e. The molecule has 41 heavy (non-hydrogen) atoms. The average molecular weight is 637 g/mol.